The fraction of sp³-hybridized carbons (Fsp3) is 0.350. The number of aliphatic hydroxyl groups is 1. The molecule has 0 amide bonds. The molecular formula is C20H24N4O3S. The van der Waals surface area contributed by atoms with Crippen molar-refractivity contribution in [3.8, 4) is 17.2 Å². The SMILES string of the molecule is COc1ccc(C)cc1-n1nnnc1SCC(O)COc1ccc(C)cc1C. The van der Waals surface area contributed by atoms with Crippen LogP contribution in [0.25, 0.3) is 5.69 Å². The Balaban J connectivity index is 1.63. The Hall–Kier alpha value is -2.58. The average molecular weight is 401 g/mol. The standard InChI is InChI=1S/C20H24N4O3S/c1-13-5-7-18(15(3)9-13)27-11-16(25)12-28-20-21-22-23-24(20)17-10-14(2)6-8-19(17)26-4/h5-10,16,25H,11-12H2,1-4H3. The molecule has 0 saturated heterocycles. The molecule has 3 rings (SSSR count). The van der Waals surface area contributed by atoms with Crippen molar-refractivity contribution in [2.75, 3.05) is 19.5 Å². The number of benzene rings is 2. The lowest BCUT2D eigenvalue weighted by Crippen LogP contribution is -2.20. The minimum absolute atomic E-state index is 0.201. The van der Waals surface area contributed by atoms with E-state index in [1.54, 1.807) is 11.8 Å². The number of ether oxygens (including phenoxy) is 2. The van der Waals surface area contributed by atoms with Gasteiger partial charge in [0.2, 0.25) is 5.16 Å². The molecule has 0 saturated carbocycles. The number of aryl methyl sites for hydroxylation is 3. The Bertz CT molecular complexity index is 945. The average Bonchev–Trinajstić information content (AvgIpc) is 3.14. The van der Waals surface area contributed by atoms with Crippen LogP contribution in [0.15, 0.2) is 41.6 Å². The highest BCUT2D eigenvalue weighted by atomic mass is 32.2. The van der Waals surface area contributed by atoms with Gasteiger partial charge in [0.1, 0.15) is 23.8 Å². The van der Waals surface area contributed by atoms with Gasteiger partial charge in [0.25, 0.3) is 0 Å². The lowest BCUT2D eigenvalue weighted by atomic mass is 10.1. The summed E-state index contributed by atoms with van der Waals surface area (Å²) in [7, 11) is 1.61. The summed E-state index contributed by atoms with van der Waals surface area (Å²) in [5.41, 5.74) is 4.06. The molecule has 1 N–H and O–H groups in total. The maximum Gasteiger partial charge on any atom is 0.214 e. The Morgan fingerprint density at radius 3 is 2.50 bits per heavy atom. The monoisotopic (exact) mass is 400 g/mol. The first-order valence-corrected chi connectivity index (χ1v) is 9.91. The molecule has 1 aromatic heterocycles. The summed E-state index contributed by atoms with van der Waals surface area (Å²) < 4.78 is 12.8. The number of aromatic nitrogens is 4. The third-order valence-corrected chi connectivity index (χ3v) is 5.23. The Labute approximate surface area is 168 Å². The van der Waals surface area contributed by atoms with Gasteiger partial charge >= 0.3 is 0 Å². The molecular weight excluding hydrogens is 376 g/mol. The van der Waals surface area contributed by atoms with Crippen molar-refractivity contribution in [2.45, 2.75) is 32.0 Å². The second-order valence-corrected chi connectivity index (χ2v) is 7.58. The Morgan fingerprint density at radius 1 is 1.07 bits per heavy atom. The molecule has 7 nitrogen and oxygen atoms in total. The van der Waals surface area contributed by atoms with E-state index in [1.165, 1.54) is 17.3 Å². The predicted octanol–water partition coefficient (Wildman–Crippen LogP) is 3.13. The maximum atomic E-state index is 10.3. The second-order valence-electron chi connectivity index (χ2n) is 6.59. The van der Waals surface area contributed by atoms with E-state index in [9.17, 15) is 5.11 Å². The smallest absolute Gasteiger partial charge is 0.214 e. The molecule has 0 bridgehead atoms. The van der Waals surface area contributed by atoms with Gasteiger partial charge in [-0.25, -0.2) is 0 Å². The van der Waals surface area contributed by atoms with Crippen molar-refractivity contribution in [3.05, 3.63) is 53.1 Å². The van der Waals surface area contributed by atoms with E-state index < -0.39 is 6.10 Å². The zero-order valence-electron chi connectivity index (χ0n) is 16.4. The molecule has 28 heavy (non-hydrogen) atoms. The van der Waals surface area contributed by atoms with Crippen LogP contribution in [0.2, 0.25) is 0 Å². The summed E-state index contributed by atoms with van der Waals surface area (Å²) in [6.45, 7) is 6.23. The van der Waals surface area contributed by atoms with Crippen LogP contribution in [-0.4, -0.2) is 50.9 Å². The van der Waals surface area contributed by atoms with Crippen molar-refractivity contribution >= 4 is 11.8 Å². The van der Waals surface area contributed by atoms with Gasteiger partial charge in [0, 0.05) is 5.75 Å². The van der Waals surface area contributed by atoms with Gasteiger partial charge in [-0.05, 0) is 60.5 Å². The van der Waals surface area contributed by atoms with Crippen LogP contribution < -0.4 is 9.47 Å². The summed E-state index contributed by atoms with van der Waals surface area (Å²) in [4.78, 5) is 0. The molecule has 148 valence electrons. The van der Waals surface area contributed by atoms with E-state index in [2.05, 4.69) is 21.6 Å². The summed E-state index contributed by atoms with van der Waals surface area (Å²) >= 11 is 1.36. The van der Waals surface area contributed by atoms with Gasteiger partial charge in [-0.3, -0.25) is 0 Å². The molecule has 1 atom stereocenters. The van der Waals surface area contributed by atoms with E-state index in [0.29, 0.717) is 16.7 Å². The van der Waals surface area contributed by atoms with Gasteiger partial charge in [-0.2, -0.15) is 4.68 Å². The third-order valence-electron chi connectivity index (χ3n) is 4.17. The molecule has 0 radical (unpaired) electrons. The zero-order chi connectivity index (χ0) is 20.1. The molecule has 3 aromatic rings. The number of hydrogen-bond acceptors (Lipinski definition) is 7. The molecule has 0 fully saturated rings. The number of hydrogen-bond donors (Lipinski definition) is 1. The molecule has 0 aliphatic carbocycles. The zero-order valence-corrected chi connectivity index (χ0v) is 17.2. The van der Waals surface area contributed by atoms with Crippen molar-refractivity contribution in [3.63, 3.8) is 0 Å². The number of nitrogens with zero attached hydrogens (tertiary/aromatic N) is 4. The number of tetrazole rings is 1. The summed E-state index contributed by atoms with van der Waals surface area (Å²) in [5, 5.41) is 22.8. The van der Waals surface area contributed by atoms with Crippen LogP contribution in [0, 0.1) is 20.8 Å². The van der Waals surface area contributed by atoms with E-state index in [0.717, 1.165) is 22.6 Å². The molecule has 0 aliphatic heterocycles. The maximum absolute atomic E-state index is 10.3. The Morgan fingerprint density at radius 2 is 1.79 bits per heavy atom. The van der Waals surface area contributed by atoms with Crippen LogP contribution in [0.4, 0.5) is 0 Å². The number of methoxy groups -OCH3 is 1. The van der Waals surface area contributed by atoms with Gasteiger partial charge in [-0.15, -0.1) is 5.10 Å². The predicted molar refractivity (Wildman–Crippen MR) is 109 cm³/mol. The van der Waals surface area contributed by atoms with Crippen LogP contribution in [0.3, 0.4) is 0 Å². The highest BCUT2D eigenvalue weighted by molar-refractivity contribution is 7.99. The first-order chi connectivity index (χ1) is 13.5. The first kappa shape index (κ1) is 20.2. The molecule has 2 aromatic carbocycles. The van der Waals surface area contributed by atoms with Crippen molar-refractivity contribution < 1.29 is 14.6 Å². The molecule has 0 aliphatic rings. The summed E-state index contributed by atoms with van der Waals surface area (Å²) in [6, 6.07) is 11.8. The van der Waals surface area contributed by atoms with Gasteiger partial charge in [0.05, 0.1) is 13.2 Å². The number of rotatable bonds is 8. The normalized spacial score (nSPS) is 12.0. The van der Waals surface area contributed by atoms with Crippen LogP contribution >= 0.6 is 11.8 Å². The van der Waals surface area contributed by atoms with Gasteiger partial charge < -0.3 is 14.6 Å². The minimum Gasteiger partial charge on any atom is -0.494 e. The number of thioether (sulfide) groups is 1. The second kappa shape index (κ2) is 9.07. The lowest BCUT2D eigenvalue weighted by molar-refractivity contribution is 0.126. The third kappa shape index (κ3) is 4.82. The van der Waals surface area contributed by atoms with E-state index in [-0.39, 0.29) is 6.61 Å². The van der Waals surface area contributed by atoms with E-state index in [4.69, 9.17) is 9.47 Å². The lowest BCUT2D eigenvalue weighted by Gasteiger charge is -2.14. The van der Waals surface area contributed by atoms with Gasteiger partial charge in [0.15, 0.2) is 0 Å². The molecule has 0 spiro atoms. The minimum atomic E-state index is -0.657. The van der Waals surface area contributed by atoms with Crippen LogP contribution in [0.1, 0.15) is 16.7 Å². The van der Waals surface area contributed by atoms with Crippen molar-refractivity contribution in [1.82, 2.24) is 20.2 Å². The van der Waals surface area contributed by atoms with Crippen molar-refractivity contribution in [1.29, 1.82) is 0 Å². The van der Waals surface area contributed by atoms with E-state index >= 15 is 0 Å². The fourth-order valence-corrected chi connectivity index (χ4v) is 3.54. The van der Waals surface area contributed by atoms with Crippen LogP contribution in [0.5, 0.6) is 11.5 Å². The molecule has 1 unspecified atom stereocenters. The van der Waals surface area contributed by atoms with Crippen LogP contribution in [-0.2, 0) is 0 Å². The fourth-order valence-electron chi connectivity index (χ4n) is 2.75. The molecule has 1 heterocycles. The van der Waals surface area contributed by atoms with E-state index in [1.807, 2.05) is 51.1 Å². The van der Waals surface area contributed by atoms with Gasteiger partial charge in [-0.1, -0.05) is 35.5 Å². The Kier molecular flexibility index (Phi) is 6.53. The summed E-state index contributed by atoms with van der Waals surface area (Å²) in [5.74, 6) is 1.86. The quantitative estimate of drug-likeness (QED) is 0.582. The first-order valence-electron chi connectivity index (χ1n) is 8.92. The highest BCUT2D eigenvalue weighted by Crippen LogP contribution is 2.27. The number of aliphatic hydroxyl groups excluding tert-OH is 1. The topological polar surface area (TPSA) is 82.3 Å². The molecule has 8 heteroatoms. The largest absolute Gasteiger partial charge is 0.494 e. The summed E-state index contributed by atoms with van der Waals surface area (Å²) in [6.07, 6.45) is -0.657. The van der Waals surface area contributed by atoms with Crippen molar-refractivity contribution in [2.24, 2.45) is 0 Å². The highest BCUT2D eigenvalue weighted by Gasteiger charge is 2.16.